The number of hydrogen-bond acceptors (Lipinski definition) is 3. The van der Waals surface area contributed by atoms with Crippen LogP contribution in [0.25, 0.3) is 16.8 Å². The van der Waals surface area contributed by atoms with Crippen LogP contribution in [0.2, 0.25) is 0 Å². The van der Waals surface area contributed by atoms with E-state index in [1.54, 1.807) is 0 Å². The average Bonchev–Trinajstić information content (AvgIpc) is 2.59. The summed E-state index contributed by atoms with van der Waals surface area (Å²) in [7, 11) is 0. The SMILES string of the molecule is CC[N+](CCN)(CCN)CC1=Cc2cccc3cccc(c23)C1=O. The van der Waals surface area contributed by atoms with Crippen molar-refractivity contribution in [2.24, 2.45) is 11.5 Å². The van der Waals surface area contributed by atoms with Gasteiger partial charge in [0.25, 0.3) is 0 Å². The molecule has 0 aliphatic heterocycles. The van der Waals surface area contributed by atoms with Crippen LogP contribution in [0.4, 0.5) is 0 Å². The minimum absolute atomic E-state index is 0.143. The number of carbonyl (C=O) groups is 1. The maximum Gasteiger partial charge on any atom is 0.195 e. The number of carbonyl (C=O) groups excluding carboxylic acids is 1. The fourth-order valence-corrected chi connectivity index (χ4v) is 3.83. The third kappa shape index (κ3) is 2.88. The van der Waals surface area contributed by atoms with E-state index < -0.39 is 0 Å². The molecule has 3 rings (SSSR count). The first-order valence-electron chi connectivity index (χ1n) is 8.66. The predicted octanol–water partition coefficient (Wildman–Crippen LogP) is 2.17. The molecule has 0 saturated heterocycles. The van der Waals surface area contributed by atoms with E-state index in [0.717, 1.165) is 51.6 Å². The molecule has 4 N–H and O–H groups in total. The van der Waals surface area contributed by atoms with Gasteiger partial charge in [-0.2, -0.15) is 0 Å². The van der Waals surface area contributed by atoms with Crippen LogP contribution in [-0.2, 0) is 0 Å². The Hall–Kier alpha value is -2.01. The molecule has 4 heteroatoms. The summed E-state index contributed by atoms with van der Waals surface area (Å²) in [4.78, 5) is 13.1. The molecule has 0 fully saturated rings. The standard InChI is InChI=1S/C20H26N3O/c1-2-23(11-9-21,12-10-22)14-17-13-16-7-3-5-15-6-4-8-18(19(15)16)20(17)24/h3-8,13H,2,9-12,14,21-22H2,1H3/q+1. The molecule has 0 radical (unpaired) electrons. The third-order valence-corrected chi connectivity index (χ3v) is 5.19. The molecule has 126 valence electrons. The highest BCUT2D eigenvalue weighted by Crippen LogP contribution is 2.32. The first kappa shape index (κ1) is 16.8. The van der Waals surface area contributed by atoms with E-state index in [-0.39, 0.29) is 5.78 Å². The quantitative estimate of drug-likeness (QED) is 0.767. The Morgan fingerprint density at radius 3 is 2.29 bits per heavy atom. The molecule has 1 aliphatic rings. The van der Waals surface area contributed by atoms with Crippen LogP contribution < -0.4 is 11.5 Å². The zero-order valence-corrected chi connectivity index (χ0v) is 14.3. The van der Waals surface area contributed by atoms with Gasteiger partial charge >= 0.3 is 0 Å². The van der Waals surface area contributed by atoms with Gasteiger partial charge in [0.05, 0.1) is 25.2 Å². The Morgan fingerprint density at radius 1 is 1.00 bits per heavy atom. The number of Topliss-reactive ketones (excluding diaryl/α,β-unsaturated/α-hetero) is 1. The van der Waals surface area contributed by atoms with Crippen molar-refractivity contribution < 1.29 is 9.28 Å². The molecule has 0 unspecified atom stereocenters. The molecular weight excluding hydrogens is 298 g/mol. The van der Waals surface area contributed by atoms with E-state index in [0.29, 0.717) is 19.6 Å². The summed E-state index contributed by atoms with van der Waals surface area (Å²) in [6.07, 6.45) is 2.06. The highest BCUT2D eigenvalue weighted by Gasteiger charge is 2.31. The van der Waals surface area contributed by atoms with Crippen molar-refractivity contribution in [3.05, 3.63) is 53.1 Å². The van der Waals surface area contributed by atoms with Crippen molar-refractivity contribution >= 4 is 22.6 Å². The molecule has 4 nitrogen and oxygen atoms in total. The number of ketones is 1. The lowest BCUT2D eigenvalue weighted by Crippen LogP contribution is -2.54. The van der Waals surface area contributed by atoms with Crippen LogP contribution in [0.1, 0.15) is 22.8 Å². The number of quaternary nitrogens is 1. The molecule has 0 saturated carbocycles. The van der Waals surface area contributed by atoms with E-state index >= 15 is 0 Å². The lowest BCUT2D eigenvalue weighted by atomic mass is 9.87. The third-order valence-electron chi connectivity index (χ3n) is 5.19. The maximum absolute atomic E-state index is 13.1. The molecule has 0 heterocycles. The topological polar surface area (TPSA) is 69.1 Å². The molecule has 0 spiro atoms. The summed E-state index contributed by atoms with van der Waals surface area (Å²) in [6.45, 7) is 6.63. The normalized spacial score (nSPS) is 14.1. The van der Waals surface area contributed by atoms with Crippen LogP contribution in [0.15, 0.2) is 42.0 Å². The van der Waals surface area contributed by atoms with Crippen LogP contribution >= 0.6 is 0 Å². The number of hydrogen-bond donors (Lipinski definition) is 2. The molecule has 0 aromatic heterocycles. The van der Waals surface area contributed by atoms with E-state index in [1.807, 2.05) is 18.2 Å². The molecule has 2 aromatic carbocycles. The Kier molecular flexibility index (Phi) is 4.81. The lowest BCUT2D eigenvalue weighted by Gasteiger charge is -2.38. The van der Waals surface area contributed by atoms with Gasteiger partial charge in [-0.1, -0.05) is 36.4 Å². The van der Waals surface area contributed by atoms with Crippen LogP contribution in [-0.4, -0.2) is 49.5 Å². The number of benzene rings is 2. The van der Waals surface area contributed by atoms with Crippen LogP contribution in [0.5, 0.6) is 0 Å². The molecule has 2 aromatic rings. The summed E-state index contributed by atoms with van der Waals surface area (Å²) >= 11 is 0. The molecule has 1 aliphatic carbocycles. The lowest BCUT2D eigenvalue weighted by molar-refractivity contribution is -0.919. The van der Waals surface area contributed by atoms with Crippen molar-refractivity contribution in [2.75, 3.05) is 39.3 Å². The fourth-order valence-electron chi connectivity index (χ4n) is 3.83. The zero-order valence-electron chi connectivity index (χ0n) is 14.3. The first-order chi connectivity index (χ1) is 11.6. The van der Waals surface area contributed by atoms with E-state index in [2.05, 4.69) is 31.2 Å². The molecule has 0 atom stereocenters. The summed E-state index contributed by atoms with van der Waals surface area (Å²) in [5.74, 6) is 0.143. The first-order valence-corrected chi connectivity index (χ1v) is 8.66. The number of nitrogens with two attached hydrogens (primary N) is 2. The second kappa shape index (κ2) is 6.85. The van der Waals surface area contributed by atoms with Crippen molar-refractivity contribution in [3.63, 3.8) is 0 Å². The minimum atomic E-state index is 0.143. The summed E-state index contributed by atoms with van der Waals surface area (Å²) in [5, 5.41) is 2.19. The second-order valence-corrected chi connectivity index (χ2v) is 6.59. The van der Waals surface area contributed by atoms with Gasteiger partial charge in [-0.05, 0) is 23.9 Å². The predicted molar refractivity (Wildman–Crippen MR) is 99.8 cm³/mol. The van der Waals surface area contributed by atoms with Gasteiger partial charge in [-0.3, -0.25) is 4.79 Å². The van der Waals surface area contributed by atoms with Gasteiger partial charge in [0.1, 0.15) is 6.54 Å². The number of nitrogens with zero attached hydrogens (tertiary/aromatic N) is 1. The summed E-state index contributed by atoms with van der Waals surface area (Å²) < 4.78 is 0.767. The van der Waals surface area contributed by atoms with Crippen molar-refractivity contribution in [3.8, 4) is 0 Å². The Morgan fingerprint density at radius 2 is 1.67 bits per heavy atom. The van der Waals surface area contributed by atoms with E-state index in [1.165, 1.54) is 0 Å². The monoisotopic (exact) mass is 324 g/mol. The molecule has 24 heavy (non-hydrogen) atoms. The summed E-state index contributed by atoms with van der Waals surface area (Å²) in [6, 6.07) is 12.2. The summed E-state index contributed by atoms with van der Waals surface area (Å²) in [5.41, 5.74) is 14.5. The fraction of sp³-hybridized carbons (Fsp3) is 0.350. The number of rotatable bonds is 7. The van der Waals surface area contributed by atoms with Gasteiger partial charge in [-0.25, -0.2) is 0 Å². The highest BCUT2D eigenvalue weighted by atomic mass is 16.1. The van der Waals surface area contributed by atoms with Crippen molar-refractivity contribution in [2.45, 2.75) is 6.92 Å². The smallest absolute Gasteiger partial charge is 0.195 e. The van der Waals surface area contributed by atoms with Crippen LogP contribution in [0.3, 0.4) is 0 Å². The van der Waals surface area contributed by atoms with E-state index in [9.17, 15) is 4.79 Å². The minimum Gasteiger partial charge on any atom is -0.326 e. The van der Waals surface area contributed by atoms with Crippen molar-refractivity contribution in [1.82, 2.24) is 0 Å². The average molecular weight is 324 g/mol. The van der Waals surface area contributed by atoms with Gasteiger partial charge in [0.2, 0.25) is 0 Å². The molecule has 0 bridgehead atoms. The Balaban J connectivity index is 2.04. The molecular formula is C20H26N3O+. The van der Waals surface area contributed by atoms with Gasteiger partial charge in [0, 0.05) is 24.0 Å². The van der Waals surface area contributed by atoms with Gasteiger partial charge < -0.3 is 16.0 Å². The van der Waals surface area contributed by atoms with Crippen LogP contribution in [0, 0.1) is 0 Å². The Labute approximate surface area is 143 Å². The zero-order chi connectivity index (χ0) is 17.2. The highest BCUT2D eigenvalue weighted by molar-refractivity contribution is 6.22. The van der Waals surface area contributed by atoms with Gasteiger partial charge in [-0.15, -0.1) is 0 Å². The largest absolute Gasteiger partial charge is 0.326 e. The van der Waals surface area contributed by atoms with Crippen molar-refractivity contribution in [1.29, 1.82) is 0 Å². The number of likely N-dealkylation sites (N-methyl/N-ethyl adjacent to an activating group) is 1. The Bertz CT molecular complexity index is 783. The molecule has 0 amide bonds. The van der Waals surface area contributed by atoms with Gasteiger partial charge in [0.15, 0.2) is 5.78 Å². The second-order valence-electron chi connectivity index (χ2n) is 6.59. The maximum atomic E-state index is 13.1. The van der Waals surface area contributed by atoms with E-state index in [4.69, 9.17) is 11.5 Å².